The van der Waals surface area contributed by atoms with Crippen molar-refractivity contribution < 1.29 is 13.6 Å². The molecular weight excluding hydrogens is 404 g/mol. The predicted octanol–water partition coefficient (Wildman–Crippen LogP) is 7.16. The second-order valence-electron chi connectivity index (χ2n) is 12.1. The Hall–Kier alpha value is -0.756. The quantitative estimate of drug-likeness (QED) is 0.433. The molecule has 5 heteroatoms. The van der Waals surface area contributed by atoms with Gasteiger partial charge in [0.25, 0.3) is 0 Å². The van der Waals surface area contributed by atoms with Crippen molar-refractivity contribution >= 4 is 22.4 Å². The lowest BCUT2D eigenvalue weighted by atomic mass is 9.73. The zero-order chi connectivity index (χ0) is 23.0. The fraction of sp³-hybridized carbons (Fsp3) is 0.720. The maximum absolute atomic E-state index is 12.8. The standard InChI is InChI=1S/C25H44O3Si2/c1-24(2,3)29(7,8)27-18-22-21(19-14-12-11-13-15-19)16-20(26)17-23(22)28-30(9,10)25(4,5)6/h11-15,21-23H,16-18H2,1-10H3/t21-,22-,23-/m0/s1. The number of rotatable bonds is 6. The molecule has 1 aliphatic carbocycles. The van der Waals surface area contributed by atoms with Crippen molar-refractivity contribution in [1.82, 2.24) is 0 Å². The van der Waals surface area contributed by atoms with E-state index in [-0.39, 0.29) is 28.0 Å². The van der Waals surface area contributed by atoms with Crippen LogP contribution in [0.3, 0.4) is 0 Å². The maximum Gasteiger partial charge on any atom is 0.192 e. The van der Waals surface area contributed by atoms with Gasteiger partial charge in [-0.2, -0.15) is 0 Å². The molecule has 170 valence electrons. The fourth-order valence-electron chi connectivity index (χ4n) is 3.61. The highest BCUT2D eigenvalue weighted by Gasteiger charge is 2.46. The van der Waals surface area contributed by atoms with Crippen LogP contribution in [0, 0.1) is 5.92 Å². The Balaban J connectivity index is 2.38. The first kappa shape index (κ1) is 25.5. The average Bonchev–Trinajstić information content (AvgIpc) is 2.59. The first-order chi connectivity index (χ1) is 13.6. The summed E-state index contributed by atoms with van der Waals surface area (Å²) < 4.78 is 13.6. The molecule has 0 bridgehead atoms. The fourth-order valence-corrected chi connectivity index (χ4v) is 6.02. The molecule has 3 nitrogen and oxygen atoms in total. The first-order valence-electron chi connectivity index (χ1n) is 11.4. The van der Waals surface area contributed by atoms with Gasteiger partial charge in [-0.05, 0) is 47.7 Å². The van der Waals surface area contributed by atoms with E-state index >= 15 is 0 Å². The summed E-state index contributed by atoms with van der Waals surface area (Å²) in [7, 11) is -3.89. The minimum Gasteiger partial charge on any atom is -0.416 e. The van der Waals surface area contributed by atoms with Gasteiger partial charge in [0.1, 0.15) is 5.78 Å². The van der Waals surface area contributed by atoms with Crippen LogP contribution < -0.4 is 0 Å². The third kappa shape index (κ3) is 5.93. The number of benzene rings is 1. The molecule has 0 spiro atoms. The summed E-state index contributed by atoms with van der Waals surface area (Å²) in [5.41, 5.74) is 1.23. The predicted molar refractivity (Wildman–Crippen MR) is 132 cm³/mol. The minimum absolute atomic E-state index is 0.0675. The van der Waals surface area contributed by atoms with Gasteiger partial charge in [-0.3, -0.25) is 4.79 Å². The first-order valence-corrected chi connectivity index (χ1v) is 17.3. The normalized spacial score (nSPS) is 24.2. The van der Waals surface area contributed by atoms with Gasteiger partial charge in [0.05, 0.1) is 6.10 Å². The Morgan fingerprint density at radius 2 is 1.40 bits per heavy atom. The van der Waals surface area contributed by atoms with E-state index < -0.39 is 16.6 Å². The van der Waals surface area contributed by atoms with E-state index in [0.717, 1.165) is 0 Å². The van der Waals surface area contributed by atoms with Crippen LogP contribution in [0.2, 0.25) is 36.3 Å². The van der Waals surface area contributed by atoms with Crippen LogP contribution in [0.4, 0.5) is 0 Å². The van der Waals surface area contributed by atoms with Crippen molar-refractivity contribution in [3.05, 3.63) is 35.9 Å². The third-order valence-electron chi connectivity index (χ3n) is 7.79. The van der Waals surface area contributed by atoms with Gasteiger partial charge >= 0.3 is 0 Å². The topological polar surface area (TPSA) is 35.5 Å². The highest BCUT2D eigenvalue weighted by Crippen LogP contribution is 2.45. The summed E-state index contributed by atoms with van der Waals surface area (Å²) in [6.07, 6.45) is 1.04. The van der Waals surface area contributed by atoms with Gasteiger partial charge in [-0.1, -0.05) is 71.9 Å². The smallest absolute Gasteiger partial charge is 0.192 e. The van der Waals surface area contributed by atoms with Crippen LogP contribution in [0.1, 0.15) is 65.9 Å². The summed E-state index contributed by atoms with van der Waals surface area (Å²) in [6, 6.07) is 10.5. The summed E-state index contributed by atoms with van der Waals surface area (Å²) in [5, 5.41) is 0.274. The van der Waals surface area contributed by atoms with E-state index in [4.69, 9.17) is 8.85 Å². The number of carbonyl (C=O) groups excluding carboxylic acids is 1. The number of hydrogen-bond donors (Lipinski definition) is 0. The van der Waals surface area contributed by atoms with Crippen LogP contribution in [-0.4, -0.2) is 35.1 Å². The number of ketones is 1. The molecule has 0 heterocycles. The molecule has 0 aromatic heterocycles. The van der Waals surface area contributed by atoms with Gasteiger partial charge in [0.2, 0.25) is 0 Å². The molecule has 1 aromatic carbocycles. The minimum atomic E-state index is -2.00. The van der Waals surface area contributed by atoms with Gasteiger partial charge in [0, 0.05) is 25.4 Å². The molecule has 0 radical (unpaired) electrons. The molecule has 0 unspecified atom stereocenters. The van der Waals surface area contributed by atoms with Gasteiger partial charge in [-0.15, -0.1) is 0 Å². The second-order valence-corrected chi connectivity index (χ2v) is 21.7. The molecule has 30 heavy (non-hydrogen) atoms. The average molecular weight is 449 g/mol. The van der Waals surface area contributed by atoms with E-state index in [1.165, 1.54) is 5.56 Å². The van der Waals surface area contributed by atoms with Crippen molar-refractivity contribution in [2.24, 2.45) is 5.92 Å². The van der Waals surface area contributed by atoms with Crippen LogP contribution in [0.5, 0.6) is 0 Å². The molecule has 0 saturated heterocycles. The Labute approximate surface area is 187 Å². The molecular formula is C25H44O3Si2. The zero-order valence-electron chi connectivity index (χ0n) is 21.0. The number of hydrogen-bond acceptors (Lipinski definition) is 3. The van der Waals surface area contributed by atoms with Gasteiger partial charge < -0.3 is 8.85 Å². The second kappa shape index (κ2) is 9.01. The van der Waals surface area contributed by atoms with Crippen LogP contribution in [-0.2, 0) is 13.6 Å². The van der Waals surface area contributed by atoms with Gasteiger partial charge in [-0.25, -0.2) is 0 Å². The Morgan fingerprint density at radius 1 is 0.867 bits per heavy atom. The molecule has 0 aliphatic heterocycles. The summed E-state index contributed by atoms with van der Waals surface area (Å²) >= 11 is 0. The molecule has 1 fully saturated rings. The lowest BCUT2D eigenvalue weighted by molar-refractivity contribution is -0.126. The Bertz CT molecular complexity index is 714. The zero-order valence-corrected chi connectivity index (χ0v) is 23.0. The van der Waals surface area contributed by atoms with E-state index in [2.05, 4.69) is 92.0 Å². The summed E-state index contributed by atoms with van der Waals surface area (Å²) in [4.78, 5) is 12.8. The molecule has 0 amide bonds. The molecule has 1 aliphatic rings. The number of carbonyl (C=O) groups is 1. The maximum atomic E-state index is 12.8. The van der Waals surface area contributed by atoms with E-state index in [9.17, 15) is 4.79 Å². The van der Waals surface area contributed by atoms with E-state index in [1.54, 1.807) is 0 Å². The Morgan fingerprint density at radius 3 is 1.90 bits per heavy atom. The van der Waals surface area contributed by atoms with Crippen LogP contribution in [0.25, 0.3) is 0 Å². The van der Waals surface area contributed by atoms with Crippen molar-refractivity contribution in [3.8, 4) is 0 Å². The van der Waals surface area contributed by atoms with E-state index in [1.807, 2.05) is 6.07 Å². The van der Waals surface area contributed by atoms with Crippen LogP contribution in [0.15, 0.2) is 30.3 Å². The molecule has 2 rings (SSSR count). The SMILES string of the molecule is CC(C)(C)[Si](C)(C)OC[C@@H]1[C@@H](O[Si](C)(C)C(C)(C)C)CC(=O)C[C@H]1c1ccccc1. The van der Waals surface area contributed by atoms with E-state index in [0.29, 0.717) is 25.2 Å². The molecule has 0 N–H and O–H groups in total. The largest absolute Gasteiger partial charge is 0.416 e. The lowest BCUT2D eigenvalue weighted by Crippen LogP contribution is -2.51. The summed E-state index contributed by atoms with van der Waals surface area (Å²) in [5.74, 6) is 0.677. The third-order valence-corrected chi connectivity index (χ3v) is 16.8. The van der Waals surface area contributed by atoms with Crippen molar-refractivity contribution in [3.63, 3.8) is 0 Å². The molecule has 3 atom stereocenters. The van der Waals surface area contributed by atoms with Crippen molar-refractivity contribution in [2.45, 2.75) is 103 Å². The van der Waals surface area contributed by atoms with Gasteiger partial charge in [0.15, 0.2) is 16.6 Å². The molecule has 1 aromatic rings. The lowest BCUT2D eigenvalue weighted by Gasteiger charge is -2.46. The monoisotopic (exact) mass is 448 g/mol. The molecule has 1 saturated carbocycles. The highest BCUT2D eigenvalue weighted by molar-refractivity contribution is 6.74. The number of Topliss-reactive ketones (excluding diaryl/α,β-unsaturated/α-hetero) is 1. The summed E-state index contributed by atoms with van der Waals surface area (Å²) in [6.45, 7) is 23.5. The Kier molecular flexibility index (Phi) is 7.66. The van der Waals surface area contributed by atoms with Crippen molar-refractivity contribution in [1.29, 1.82) is 0 Å². The van der Waals surface area contributed by atoms with Crippen LogP contribution >= 0.6 is 0 Å². The van der Waals surface area contributed by atoms with Crippen molar-refractivity contribution in [2.75, 3.05) is 6.61 Å². The highest BCUT2D eigenvalue weighted by atomic mass is 28.4.